The van der Waals surface area contributed by atoms with Crippen LogP contribution in [0, 0.1) is 6.92 Å². The summed E-state index contributed by atoms with van der Waals surface area (Å²) in [5.74, 6) is -0.254. The zero-order valence-corrected chi connectivity index (χ0v) is 12.1. The van der Waals surface area contributed by atoms with Crippen LogP contribution in [0.3, 0.4) is 0 Å². The van der Waals surface area contributed by atoms with Crippen LogP contribution in [-0.4, -0.2) is 29.1 Å². The van der Waals surface area contributed by atoms with E-state index in [2.05, 4.69) is 0 Å². The van der Waals surface area contributed by atoms with Crippen molar-refractivity contribution in [2.45, 2.75) is 6.92 Å². The molecule has 0 unspecified atom stereocenters. The van der Waals surface area contributed by atoms with E-state index in [9.17, 15) is 9.59 Å². The number of hydrogen-bond acceptors (Lipinski definition) is 4. The molecule has 2 amide bonds. The number of nitrogens with two attached hydrogens (primary N) is 1. The third-order valence-electron chi connectivity index (χ3n) is 2.60. The van der Waals surface area contributed by atoms with E-state index < -0.39 is 0 Å². The van der Waals surface area contributed by atoms with Gasteiger partial charge < -0.3 is 5.73 Å². The highest BCUT2D eigenvalue weighted by molar-refractivity contribution is 8.18. The van der Waals surface area contributed by atoms with Crippen LogP contribution in [0.2, 0.25) is 0 Å². The molecular formula is C13H15ClN2O2S. The number of imide groups is 1. The van der Waals surface area contributed by atoms with Crippen LogP contribution in [0.5, 0.6) is 0 Å². The summed E-state index contributed by atoms with van der Waals surface area (Å²) in [7, 11) is 0. The van der Waals surface area contributed by atoms with Crippen molar-refractivity contribution < 1.29 is 9.59 Å². The van der Waals surface area contributed by atoms with Gasteiger partial charge in [-0.15, -0.1) is 12.4 Å². The van der Waals surface area contributed by atoms with Gasteiger partial charge in [0.2, 0.25) is 0 Å². The second kappa shape index (κ2) is 6.75. The standard InChI is InChI=1S/C13H14N2O2S.ClH/c1-9-2-4-10(5-3-9)8-11-12(16)15(7-6-14)13(17)18-11;/h2-5,8H,6-7,14H2,1H3;1H/b11-8-;. The van der Waals surface area contributed by atoms with Crippen LogP contribution in [0.25, 0.3) is 6.08 Å². The molecule has 1 aliphatic rings. The zero-order chi connectivity index (χ0) is 13.1. The molecule has 2 rings (SSSR count). The molecule has 1 heterocycles. The van der Waals surface area contributed by atoms with Crippen LogP contribution in [0.15, 0.2) is 29.2 Å². The molecule has 1 aliphatic heterocycles. The number of hydrogen-bond donors (Lipinski definition) is 1. The number of thioether (sulfide) groups is 1. The molecule has 0 atom stereocenters. The minimum absolute atomic E-state index is 0. The first-order valence-corrected chi connectivity index (χ1v) is 6.45. The fraction of sp³-hybridized carbons (Fsp3) is 0.231. The number of rotatable bonds is 3. The van der Waals surface area contributed by atoms with E-state index in [1.165, 1.54) is 4.90 Å². The molecule has 0 aliphatic carbocycles. The summed E-state index contributed by atoms with van der Waals surface area (Å²) in [5, 5.41) is -0.246. The monoisotopic (exact) mass is 298 g/mol. The first kappa shape index (κ1) is 15.8. The molecule has 1 aromatic carbocycles. The minimum Gasteiger partial charge on any atom is -0.329 e. The van der Waals surface area contributed by atoms with Crippen LogP contribution >= 0.6 is 24.2 Å². The number of halogens is 1. The van der Waals surface area contributed by atoms with Gasteiger partial charge >= 0.3 is 0 Å². The van der Waals surface area contributed by atoms with Gasteiger partial charge in [-0.05, 0) is 30.3 Å². The maximum absolute atomic E-state index is 11.9. The summed E-state index contributed by atoms with van der Waals surface area (Å²) in [6, 6.07) is 7.78. The van der Waals surface area contributed by atoms with Gasteiger partial charge in [0.1, 0.15) is 0 Å². The minimum atomic E-state index is -0.254. The first-order chi connectivity index (χ1) is 8.61. The molecule has 0 aromatic heterocycles. The lowest BCUT2D eigenvalue weighted by molar-refractivity contribution is -0.122. The Bertz CT molecular complexity index is 514. The smallest absolute Gasteiger partial charge is 0.293 e. The Morgan fingerprint density at radius 3 is 2.47 bits per heavy atom. The van der Waals surface area contributed by atoms with Gasteiger partial charge in [-0.3, -0.25) is 14.5 Å². The van der Waals surface area contributed by atoms with Crippen LogP contribution in [0.1, 0.15) is 11.1 Å². The summed E-state index contributed by atoms with van der Waals surface area (Å²) >= 11 is 0.964. The topological polar surface area (TPSA) is 63.4 Å². The van der Waals surface area contributed by atoms with Crippen LogP contribution < -0.4 is 5.73 Å². The van der Waals surface area contributed by atoms with Crippen molar-refractivity contribution in [3.05, 3.63) is 40.3 Å². The fourth-order valence-corrected chi connectivity index (χ4v) is 2.50. The number of nitrogens with zero attached hydrogens (tertiary/aromatic N) is 1. The first-order valence-electron chi connectivity index (χ1n) is 5.64. The Hall–Kier alpha value is -1.30. The van der Waals surface area contributed by atoms with E-state index in [1.54, 1.807) is 6.08 Å². The number of aryl methyl sites for hydroxylation is 1. The van der Waals surface area contributed by atoms with E-state index in [0.29, 0.717) is 4.91 Å². The highest BCUT2D eigenvalue weighted by Crippen LogP contribution is 2.31. The SMILES string of the molecule is Cc1ccc(/C=C2\SC(=O)N(CCN)C2=O)cc1.Cl. The molecular weight excluding hydrogens is 284 g/mol. The van der Waals surface area contributed by atoms with Gasteiger partial charge in [0.25, 0.3) is 11.1 Å². The summed E-state index contributed by atoms with van der Waals surface area (Å²) in [6.45, 7) is 2.56. The van der Waals surface area contributed by atoms with Gasteiger partial charge in [-0.1, -0.05) is 29.8 Å². The predicted octanol–water partition coefficient (Wildman–Crippen LogP) is 2.41. The molecule has 1 saturated heterocycles. The quantitative estimate of drug-likeness (QED) is 0.871. The molecule has 2 N–H and O–H groups in total. The molecule has 1 aromatic rings. The second-order valence-corrected chi connectivity index (χ2v) is 5.03. The second-order valence-electron chi connectivity index (χ2n) is 4.03. The van der Waals surface area contributed by atoms with Gasteiger partial charge in [0, 0.05) is 13.1 Å². The van der Waals surface area contributed by atoms with E-state index >= 15 is 0 Å². The zero-order valence-electron chi connectivity index (χ0n) is 10.5. The molecule has 6 heteroatoms. The van der Waals surface area contributed by atoms with Crippen molar-refractivity contribution in [3.63, 3.8) is 0 Å². The van der Waals surface area contributed by atoms with Gasteiger partial charge in [0.15, 0.2) is 0 Å². The summed E-state index contributed by atoms with van der Waals surface area (Å²) in [5.41, 5.74) is 7.44. The average Bonchev–Trinajstić information content (AvgIpc) is 2.60. The van der Waals surface area contributed by atoms with Crippen molar-refractivity contribution in [2.24, 2.45) is 5.73 Å². The molecule has 0 saturated carbocycles. The van der Waals surface area contributed by atoms with Gasteiger partial charge in [0.05, 0.1) is 4.91 Å². The molecule has 0 radical (unpaired) electrons. The lowest BCUT2D eigenvalue weighted by atomic mass is 10.1. The number of amides is 2. The third-order valence-corrected chi connectivity index (χ3v) is 3.51. The van der Waals surface area contributed by atoms with Crippen molar-refractivity contribution in [1.82, 2.24) is 4.90 Å². The van der Waals surface area contributed by atoms with E-state index in [4.69, 9.17) is 5.73 Å². The molecule has 4 nitrogen and oxygen atoms in total. The Morgan fingerprint density at radius 2 is 1.89 bits per heavy atom. The average molecular weight is 299 g/mol. The number of carbonyl (C=O) groups excluding carboxylic acids is 2. The number of carbonyl (C=O) groups is 2. The lowest BCUT2D eigenvalue weighted by Gasteiger charge is -2.09. The van der Waals surface area contributed by atoms with Crippen molar-refractivity contribution in [3.8, 4) is 0 Å². The predicted molar refractivity (Wildman–Crippen MR) is 80.2 cm³/mol. The van der Waals surface area contributed by atoms with Crippen LogP contribution in [0.4, 0.5) is 4.79 Å². The normalized spacial score (nSPS) is 16.9. The third kappa shape index (κ3) is 3.59. The molecule has 0 spiro atoms. The van der Waals surface area contributed by atoms with Gasteiger partial charge in [-0.25, -0.2) is 0 Å². The highest BCUT2D eigenvalue weighted by Gasteiger charge is 2.34. The molecule has 102 valence electrons. The Labute approximate surface area is 122 Å². The van der Waals surface area contributed by atoms with Crippen LogP contribution in [-0.2, 0) is 4.79 Å². The van der Waals surface area contributed by atoms with Gasteiger partial charge in [-0.2, -0.15) is 0 Å². The maximum Gasteiger partial charge on any atom is 0.293 e. The fourth-order valence-electron chi connectivity index (χ4n) is 1.64. The molecule has 1 fully saturated rings. The summed E-state index contributed by atoms with van der Waals surface area (Å²) < 4.78 is 0. The van der Waals surface area contributed by atoms with Crippen molar-refractivity contribution >= 4 is 41.4 Å². The highest BCUT2D eigenvalue weighted by atomic mass is 35.5. The van der Waals surface area contributed by atoms with E-state index in [1.807, 2.05) is 31.2 Å². The summed E-state index contributed by atoms with van der Waals surface area (Å²) in [6.07, 6.45) is 1.74. The Balaban J connectivity index is 0.00000180. The Kier molecular flexibility index (Phi) is 5.60. The summed E-state index contributed by atoms with van der Waals surface area (Å²) in [4.78, 5) is 25.2. The largest absolute Gasteiger partial charge is 0.329 e. The maximum atomic E-state index is 11.9. The molecule has 0 bridgehead atoms. The molecule has 19 heavy (non-hydrogen) atoms. The van der Waals surface area contributed by atoms with Crippen molar-refractivity contribution in [1.29, 1.82) is 0 Å². The van der Waals surface area contributed by atoms with Crippen molar-refractivity contribution in [2.75, 3.05) is 13.1 Å². The Morgan fingerprint density at radius 1 is 1.26 bits per heavy atom. The van der Waals surface area contributed by atoms with E-state index in [-0.39, 0.29) is 36.6 Å². The number of benzene rings is 1. The lowest BCUT2D eigenvalue weighted by Crippen LogP contribution is -2.33. The van der Waals surface area contributed by atoms with E-state index in [0.717, 1.165) is 22.9 Å².